The molecule has 1 aromatic carbocycles. The second kappa shape index (κ2) is 10.4. The van der Waals surface area contributed by atoms with E-state index in [2.05, 4.69) is 20.1 Å². The summed E-state index contributed by atoms with van der Waals surface area (Å²) in [6, 6.07) is 3.65. The summed E-state index contributed by atoms with van der Waals surface area (Å²) in [5.41, 5.74) is 0. The lowest BCUT2D eigenvalue weighted by atomic mass is 10.3. The monoisotopic (exact) mass is 405 g/mol. The second-order valence-corrected chi connectivity index (χ2v) is 6.42. The Kier molecular flexibility index (Phi) is 9.78. The van der Waals surface area contributed by atoms with Gasteiger partial charge in [0.2, 0.25) is 15.9 Å². The highest BCUT2D eigenvalue weighted by Gasteiger charge is 2.31. The number of carbonyl (C=O) groups excluding carboxylic acids is 1. The minimum atomic E-state index is -4.86. The van der Waals surface area contributed by atoms with Crippen LogP contribution in [0.2, 0.25) is 0 Å². The van der Waals surface area contributed by atoms with E-state index in [4.69, 9.17) is 0 Å². The third kappa shape index (κ3) is 9.48. The summed E-state index contributed by atoms with van der Waals surface area (Å²) < 4.78 is 65.7. The number of halogens is 4. The van der Waals surface area contributed by atoms with E-state index in [1.807, 2.05) is 0 Å². The molecular formula is C13H19ClF3N3O4S. The van der Waals surface area contributed by atoms with E-state index >= 15 is 0 Å². The third-order valence-electron chi connectivity index (χ3n) is 2.72. The smallest absolute Gasteiger partial charge is 0.406 e. The van der Waals surface area contributed by atoms with Gasteiger partial charge in [0.1, 0.15) is 5.75 Å². The Morgan fingerprint density at radius 3 is 2.28 bits per heavy atom. The van der Waals surface area contributed by atoms with Crippen molar-refractivity contribution in [2.75, 3.05) is 26.7 Å². The molecule has 12 heteroatoms. The summed E-state index contributed by atoms with van der Waals surface area (Å²) in [6.07, 6.45) is -4.17. The molecule has 0 radical (unpaired) electrons. The Morgan fingerprint density at radius 1 is 1.16 bits per heavy atom. The molecule has 3 N–H and O–H groups in total. The molecule has 25 heavy (non-hydrogen) atoms. The van der Waals surface area contributed by atoms with Crippen LogP contribution in [0.25, 0.3) is 0 Å². The van der Waals surface area contributed by atoms with Crippen molar-refractivity contribution in [2.24, 2.45) is 0 Å². The normalized spacial score (nSPS) is 11.5. The molecule has 0 heterocycles. The first-order valence-corrected chi connectivity index (χ1v) is 8.39. The predicted octanol–water partition coefficient (Wildman–Crippen LogP) is 1.01. The van der Waals surface area contributed by atoms with Crippen molar-refractivity contribution in [3.8, 4) is 5.75 Å². The summed E-state index contributed by atoms with van der Waals surface area (Å²) in [4.78, 5) is 11.2. The molecule has 0 saturated heterocycles. The van der Waals surface area contributed by atoms with Gasteiger partial charge in [-0.15, -0.1) is 25.6 Å². The molecule has 0 aromatic heterocycles. The molecule has 0 aliphatic heterocycles. The quantitative estimate of drug-likeness (QED) is 0.533. The van der Waals surface area contributed by atoms with Gasteiger partial charge in [-0.2, -0.15) is 0 Å². The lowest BCUT2D eigenvalue weighted by Gasteiger charge is -2.10. The molecule has 0 aliphatic carbocycles. The molecule has 1 rings (SSSR count). The third-order valence-corrected chi connectivity index (χ3v) is 4.13. The van der Waals surface area contributed by atoms with Crippen LogP contribution in [-0.2, 0) is 14.8 Å². The Hall–Kier alpha value is -1.56. The first-order valence-electron chi connectivity index (χ1n) is 6.91. The highest BCUT2D eigenvalue weighted by molar-refractivity contribution is 7.89. The molecule has 0 spiro atoms. The highest BCUT2D eigenvalue weighted by atomic mass is 35.5. The van der Waals surface area contributed by atoms with E-state index in [9.17, 15) is 26.4 Å². The van der Waals surface area contributed by atoms with Crippen molar-refractivity contribution in [1.29, 1.82) is 0 Å². The van der Waals surface area contributed by atoms with Crippen molar-refractivity contribution >= 4 is 28.3 Å². The fraction of sp³-hybridized carbons (Fsp3) is 0.462. The van der Waals surface area contributed by atoms with Gasteiger partial charge in [0, 0.05) is 6.54 Å². The number of alkyl halides is 3. The Bertz CT molecular complexity index is 639. The average Bonchev–Trinajstić information content (AvgIpc) is 2.49. The molecule has 0 fully saturated rings. The van der Waals surface area contributed by atoms with E-state index in [-0.39, 0.29) is 17.3 Å². The fourth-order valence-corrected chi connectivity index (χ4v) is 2.60. The van der Waals surface area contributed by atoms with Gasteiger partial charge in [0.25, 0.3) is 0 Å². The van der Waals surface area contributed by atoms with E-state index < -0.39 is 34.6 Å². The zero-order valence-electron chi connectivity index (χ0n) is 13.2. The Morgan fingerprint density at radius 2 is 1.76 bits per heavy atom. The van der Waals surface area contributed by atoms with Gasteiger partial charge in [0.15, 0.2) is 0 Å². The van der Waals surface area contributed by atoms with Gasteiger partial charge in [0.05, 0.1) is 11.4 Å². The minimum Gasteiger partial charge on any atom is -0.406 e. The van der Waals surface area contributed by atoms with E-state index in [1.54, 1.807) is 7.05 Å². The number of benzene rings is 1. The number of ether oxygens (including phenoxy) is 1. The van der Waals surface area contributed by atoms with Gasteiger partial charge in [-0.05, 0) is 44.3 Å². The lowest BCUT2D eigenvalue weighted by molar-refractivity contribution is -0.274. The van der Waals surface area contributed by atoms with Crippen LogP contribution in [0.4, 0.5) is 13.2 Å². The maximum absolute atomic E-state index is 12.0. The number of hydrogen-bond acceptors (Lipinski definition) is 5. The molecule has 0 unspecified atom stereocenters. The van der Waals surface area contributed by atoms with Crippen LogP contribution >= 0.6 is 12.4 Å². The van der Waals surface area contributed by atoms with Gasteiger partial charge in [-0.3, -0.25) is 4.79 Å². The zero-order valence-corrected chi connectivity index (χ0v) is 14.9. The Labute approximate surface area is 149 Å². The van der Waals surface area contributed by atoms with Crippen molar-refractivity contribution in [1.82, 2.24) is 15.4 Å². The predicted molar refractivity (Wildman–Crippen MR) is 87.1 cm³/mol. The van der Waals surface area contributed by atoms with Crippen LogP contribution in [0.15, 0.2) is 29.2 Å². The molecule has 0 aliphatic rings. The number of nitrogens with one attached hydrogen (secondary N) is 3. The maximum Gasteiger partial charge on any atom is 0.573 e. The summed E-state index contributed by atoms with van der Waals surface area (Å²) in [6.45, 7) is 0.631. The number of hydrogen-bond donors (Lipinski definition) is 3. The zero-order chi connectivity index (χ0) is 18.2. The summed E-state index contributed by atoms with van der Waals surface area (Å²) in [5.74, 6) is -1.05. The molecular weight excluding hydrogens is 387 g/mol. The van der Waals surface area contributed by atoms with Crippen LogP contribution in [-0.4, -0.2) is 47.4 Å². The van der Waals surface area contributed by atoms with Gasteiger partial charge >= 0.3 is 6.36 Å². The SMILES string of the molecule is CNCCCNC(=O)CNS(=O)(=O)c1ccc(OC(F)(F)F)cc1.Cl. The van der Waals surface area contributed by atoms with Gasteiger partial charge < -0.3 is 15.4 Å². The van der Waals surface area contributed by atoms with Gasteiger partial charge in [-0.1, -0.05) is 0 Å². The number of amides is 1. The van der Waals surface area contributed by atoms with Crippen LogP contribution in [0, 0.1) is 0 Å². The van der Waals surface area contributed by atoms with E-state index in [0.717, 1.165) is 24.3 Å². The van der Waals surface area contributed by atoms with Crippen LogP contribution in [0.1, 0.15) is 6.42 Å². The molecule has 0 bridgehead atoms. The second-order valence-electron chi connectivity index (χ2n) is 4.65. The summed E-state index contributed by atoms with van der Waals surface area (Å²) in [7, 11) is -2.25. The topological polar surface area (TPSA) is 96.5 Å². The minimum absolute atomic E-state index is 0. The highest BCUT2D eigenvalue weighted by Crippen LogP contribution is 2.23. The van der Waals surface area contributed by atoms with Crippen molar-refractivity contribution in [3.05, 3.63) is 24.3 Å². The van der Waals surface area contributed by atoms with E-state index in [0.29, 0.717) is 19.5 Å². The van der Waals surface area contributed by atoms with Crippen molar-refractivity contribution < 1.29 is 31.1 Å². The molecule has 0 saturated carbocycles. The largest absolute Gasteiger partial charge is 0.573 e. The number of carbonyl (C=O) groups is 1. The molecule has 1 amide bonds. The van der Waals surface area contributed by atoms with Gasteiger partial charge in [-0.25, -0.2) is 13.1 Å². The first kappa shape index (κ1) is 23.4. The number of sulfonamides is 1. The summed E-state index contributed by atoms with van der Waals surface area (Å²) in [5, 5.41) is 5.42. The van der Waals surface area contributed by atoms with Crippen LogP contribution in [0.5, 0.6) is 5.75 Å². The fourth-order valence-electron chi connectivity index (χ4n) is 1.62. The Balaban J connectivity index is 0.00000576. The lowest BCUT2D eigenvalue weighted by Crippen LogP contribution is -2.37. The molecule has 1 aromatic rings. The van der Waals surface area contributed by atoms with Crippen molar-refractivity contribution in [3.63, 3.8) is 0 Å². The standard InChI is InChI=1S/C13H18F3N3O4S.ClH/c1-17-7-2-8-18-12(20)9-19-24(21,22)11-5-3-10(4-6-11)23-13(14,15)16;/h3-6,17,19H,2,7-9H2,1H3,(H,18,20);1H. The number of rotatable bonds is 9. The maximum atomic E-state index is 12.0. The van der Waals surface area contributed by atoms with Crippen molar-refractivity contribution in [2.45, 2.75) is 17.7 Å². The van der Waals surface area contributed by atoms with Crippen LogP contribution < -0.4 is 20.1 Å². The van der Waals surface area contributed by atoms with Crippen LogP contribution in [0.3, 0.4) is 0 Å². The summed E-state index contributed by atoms with van der Waals surface area (Å²) >= 11 is 0. The molecule has 0 atom stereocenters. The molecule has 7 nitrogen and oxygen atoms in total. The molecule has 144 valence electrons. The first-order chi connectivity index (χ1) is 11.1. The van der Waals surface area contributed by atoms with E-state index in [1.165, 1.54) is 0 Å². The average molecular weight is 406 g/mol.